The number of hydrogen-bond donors (Lipinski definition) is 1. The largest absolute Gasteiger partial charge is 0.337 e. The summed E-state index contributed by atoms with van der Waals surface area (Å²) in [4.78, 5) is 14.2. The molecule has 1 aliphatic rings. The van der Waals surface area contributed by atoms with Gasteiger partial charge < -0.3 is 4.90 Å². The van der Waals surface area contributed by atoms with Crippen molar-refractivity contribution >= 4 is 27.5 Å². The van der Waals surface area contributed by atoms with E-state index in [1.54, 1.807) is 18.0 Å². The molecule has 0 saturated heterocycles. The fourth-order valence-corrected chi connectivity index (χ4v) is 3.94. The molecule has 1 saturated carbocycles. The Bertz CT molecular complexity index is 877. The maximum Gasteiger partial charge on any atom is 0.253 e. The maximum atomic E-state index is 12.5. The van der Waals surface area contributed by atoms with E-state index in [1.807, 2.05) is 18.2 Å². The molecule has 0 unspecified atom stereocenters. The van der Waals surface area contributed by atoms with Gasteiger partial charge in [0.1, 0.15) is 0 Å². The highest BCUT2D eigenvalue weighted by molar-refractivity contribution is 7.89. The molecule has 0 heterocycles. The van der Waals surface area contributed by atoms with Gasteiger partial charge in [-0.1, -0.05) is 29.8 Å². The van der Waals surface area contributed by atoms with Crippen LogP contribution in [0.15, 0.2) is 53.4 Å². The average molecular weight is 379 g/mol. The second-order valence-corrected chi connectivity index (χ2v) is 8.29. The Labute approximate surface area is 152 Å². The third kappa shape index (κ3) is 4.39. The highest BCUT2D eigenvalue weighted by atomic mass is 35.5. The second kappa shape index (κ2) is 7.15. The number of sulfonamides is 1. The molecule has 0 spiro atoms. The molecular formula is C18H19ClN2O3S. The Morgan fingerprint density at radius 3 is 2.40 bits per heavy atom. The number of hydrogen-bond acceptors (Lipinski definition) is 3. The molecule has 0 atom stereocenters. The molecule has 132 valence electrons. The normalized spacial score (nSPS) is 14.3. The van der Waals surface area contributed by atoms with Crippen LogP contribution in [0.5, 0.6) is 0 Å². The lowest BCUT2D eigenvalue weighted by Crippen LogP contribution is -2.27. The molecule has 2 aromatic carbocycles. The van der Waals surface area contributed by atoms with Gasteiger partial charge in [-0.05, 0) is 48.7 Å². The number of nitrogens with zero attached hydrogens (tertiary/aromatic N) is 1. The van der Waals surface area contributed by atoms with Crippen LogP contribution in [0.2, 0.25) is 5.02 Å². The maximum absolute atomic E-state index is 12.5. The van der Waals surface area contributed by atoms with Gasteiger partial charge in [0.05, 0.1) is 4.90 Å². The highest BCUT2D eigenvalue weighted by Gasteiger charge is 2.28. The minimum atomic E-state index is -3.51. The van der Waals surface area contributed by atoms with E-state index in [0.717, 1.165) is 18.4 Å². The molecule has 3 rings (SSSR count). The first-order valence-electron chi connectivity index (χ1n) is 7.98. The summed E-state index contributed by atoms with van der Waals surface area (Å²) in [6, 6.07) is 13.4. The van der Waals surface area contributed by atoms with E-state index in [2.05, 4.69) is 4.72 Å². The zero-order chi connectivity index (χ0) is 18.0. The van der Waals surface area contributed by atoms with Gasteiger partial charge in [-0.25, -0.2) is 13.1 Å². The Morgan fingerprint density at radius 2 is 1.80 bits per heavy atom. The Morgan fingerprint density at radius 1 is 1.16 bits per heavy atom. The zero-order valence-corrected chi connectivity index (χ0v) is 15.3. The van der Waals surface area contributed by atoms with Gasteiger partial charge in [0.15, 0.2) is 0 Å². The summed E-state index contributed by atoms with van der Waals surface area (Å²) in [5.74, 6) is -0.195. The summed E-state index contributed by atoms with van der Waals surface area (Å²) in [6.45, 7) is 0.377. The molecule has 1 amide bonds. The molecule has 1 fully saturated rings. The molecule has 7 heteroatoms. The van der Waals surface area contributed by atoms with E-state index in [4.69, 9.17) is 11.6 Å². The van der Waals surface area contributed by atoms with Crippen LogP contribution in [-0.4, -0.2) is 32.3 Å². The third-order valence-corrected chi connectivity index (χ3v) is 5.93. The van der Waals surface area contributed by atoms with E-state index < -0.39 is 10.0 Å². The second-order valence-electron chi connectivity index (χ2n) is 6.17. The van der Waals surface area contributed by atoms with E-state index in [0.29, 0.717) is 17.1 Å². The zero-order valence-electron chi connectivity index (χ0n) is 13.8. The Kier molecular flexibility index (Phi) is 5.13. The molecule has 5 nitrogen and oxygen atoms in total. The summed E-state index contributed by atoms with van der Waals surface area (Å²) >= 11 is 6.12. The third-order valence-electron chi connectivity index (χ3n) is 4.02. The van der Waals surface area contributed by atoms with Crippen LogP contribution in [0, 0.1) is 0 Å². The van der Waals surface area contributed by atoms with E-state index >= 15 is 0 Å². The van der Waals surface area contributed by atoms with Crippen molar-refractivity contribution in [2.24, 2.45) is 0 Å². The van der Waals surface area contributed by atoms with Crippen molar-refractivity contribution in [1.82, 2.24) is 9.62 Å². The van der Waals surface area contributed by atoms with E-state index in [-0.39, 0.29) is 16.8 Å². The molecular weight excluding hydrogens is 360 g/mol. The Hall–Kier alpha value is -1.89. The quantitative estimate of drug-likeness (QED) is 0.840. The molecule has 25 heavy (non-hydrogen) atoms. The van der Waals surface area contributed by atoms with Gasteiger partial charge in [0.25, 0.3) is 5.91 Å². The molecule has 0 bridgehead atoms. The topological polar surface area (TPSA) is 66.5 Å². The van der Waals surface area contributed by atoms with Crippen molar-refractivity contribution in [2.45, 2.75) is 30.3 Å². The minimum absolute atomic E-state index is 0.0491. The predicted molar refractivity (Wildman–Crippen MR) is 97.0 cm³/mol. The lowest BCUT2D eigenvalue weighted by atomic mass is 10.1. The molecule has 0 aromatic heterocycles. The minimum Gasteiger partial charge on any atom is -0.337 e. The van der Waals surface area contributed by atoms with Crippen LogP contribution in [0.1, 0.15) is 28.8 Å². The first kappa shape index (κ1) is 17.9. The molecule has 1 aliphatic carbocycles. The fourth-order valence-electron chi connectivity index (χ4n) is 2.44. The van der Waals surface area contributed by atoms with Gasteiger partial charge in [-0.15, -0.1) is 0 Å². The lowest BCUT2D eigenvalue weighted by Gasteiger charge is -2.18. The van der Waals surface area contributed by atoms with Crippen LogP contribution in [0.4, 0.5) is 0 Å². The van der Waals surface area contributed by atoms with Crippen LogP contribution in [-0.2, 0) is 16.6 Å². The summed E-state index contributed by atoms with van der Waals surface area (Å²) in [6.07, 6.45) is 1.76. The van der Waals surface area contributed by atoms with Gasteiger partial charge >= 0.3 is 0 Å². The highest BCUT2D eigenvalue weighted by Crippen LogP contribution is 2.22. The lowest BCUT2D eigenvalue weighted by molar-refractivity contribution is 0.0785. The van der Waals surface area contributed by atoms with Crippen LogP contribution < -0.4 is 4.72 Å². The van der Waals surface area contributed by atoms with Crippen molar-refractivity contribution in [2.75, 3.05) is 7.05 Å². The van der Waals surface area contributed by atoms with Gasteiger partial charge in [-0.2, -0.15) is 0 Å². The Balaban J connectivity index is 1.70. The number of halogens is 1. The number of nitrogens with one attached hydrogen (secondary N) is 1. The summed E-state index contributed by atoms with van der Waals surface area (Å²) in [5, 5.41) is 0.606. The van der Waals surface area contributed by atoms with Gasteiger partial charge in [0, 0.05) is 30.2 Å². The number of benzene rings is 2. The van der Waals surface area contributed by atoms with Crippen molar-refractivity contribution in [3.63, 3.8) is 0 Å². The van der Waals surface area contributed by atoms with Crippen LogP contribution in [0.3, 0.4) is 0 Å². The SMILES string of the molecule is CN(Cc1ccccc1Cl)C(=O)c1ccc(S(=O)(=O)NC2CC2)cc1. The number of rotatable bonds is 6. The van der Waals surface area contributed by atoms with Crippen molar-refractivity contribution in [3.05, 3.63) is 64.7 Å². The first-order chi connectivity index (χ1) is 11.9. The first-order valence-corrected chi connectivity index (χ1v) is 9.84. The molecule has 0 aliphatic heterocycles. The van der Waals surface area contributed by atoms with Gasteiger partial charge in [-0.3, -0.25) is 4.79 Å². The van der Waals surface area contributed by atoms with Crippen LogP contribution >= 0.6 is 11.6 Å². The van der Waals surface area contributed by atoms with Gasteiger partial charge in [0.2, 0.25) is 10.0 Å². The van der Waals surface area contributed by atoms with Crippen molar-refractivity contribution in [3.8, 4) is 0 Å². The standard InChI is InChI=1S/C18H19ClN2O3S/c1-21(12-14-4-2-3-5-17(14)19)18(22)13-6-10-16(11-7-13)25(23,24)20-15-8-9-15/h2-7,10-11,15,20H,8-9,12H2,1H3. The molecule has 2 aromatic rings. The van der Waals surface area contributed by atoms with E-state index in [9.17, 15) is 13.2 Å². The summed E-state index contributed by atoms with van der Waals surface area (Å²) in [7, 11) is -1.82. The summed E-state index contributed by atoms with van der Waals surface area (Å²) < 4.78 is 26.9. The summed E-state index contributed by atoms with van der Waals surface area (Å²) in [5.41, 5.74) is 1.28. The molecule has 0 radical (unpaired) electrons. The molecule has 1 N–H and O–H groups in total. The van der Waals surface area contributed by atoms with E-state index in [1.165, 1.54) is 24.3 Å². The number of carbonyl (C=O) groups excluding carboxylic acids is 1. The predicted octanol–water partition coefficient (Wildman–Crippen LogP) is 3.05. The van der Waals surface area contributed by atoms with Crippen LogP contribution in [0.25, 0.3) is 0 Å². The average Bonchev–Trinajstić information content (AvgIpc) is 3.39. The number of amides is 1. The number of carbonyl (C=O) groups is 1. The fraction of sp³-hybridized carbons (Fsp3) is 0.278. The van der Waals surface area contributed by atoms with Crippen molar-refractivity contribution < 1.29 is 13.2 Å². The smallest absolute Gasteiger partial charge is 0.253 e. The monoisotopic (exact) mass is 378 g/mol. The van der Waals surface area contributed by atoms with Crippen molar-refractivity contribution in [1.29, 1.82) is 0 Å².